The Bertz CT molecular complexity index is 482. The molecule has 0 radical (unpaired) electrons. The molecular formula is C12H17ClN2O3S. The van der Waals surface area contributed by atoms with Crippen molar-refractivity contribution in [2.24, 2.45) is 0 Å². The molecule has 5 nitrogen and oxygen atoms in total. The summed E-state index contributed by atoms with van der Waals surface area (Å²) in [5.41, 5.74) is 0.616. The summed E-state index contributed by atoms with van der Waals surface area (Å²) in [6.07, 6.45) is 2.42. The van der Waals surface area contributed by atoms with Gasteiger partial charge in [0.25, 0.3) is 5.69 Å². The topological polar surface area (TPSA) is 72.2 Å². The number of nitrogens with zero attached hydrogens (tertiary/aromatic N) is 1. The van der Waals surface area contributed by atoms with E-state index in [1.54, 1.807) is 12.3 Å². The van der Waals surface area contributed by atoms with Gasteiger partial charge in [0, 0.05) is 52.0 Å². The number of rotatable bonds is 7. The number of nitrogens with one attached hydrogen (secondary N) is 1. The average Bonchev–Trinajstić information content (AvgIpc) is 2.33. The summed E-state index contributed by atoms with van der Waals surface area (Å²) >= 11 is 5.85. The Balaban J connectivity index is 2.63. The quantitative estimate of drug-likeness (QED) is 0.620. The van der Waals surface area contributed by atoms with Crippen molar-refractivity contribution in [2.45, 2.75) is 25.9 Å². The summed E-state index contributed by atoms with van der Waals surface area (Å²) < 4.78 is 11.0. The number of nitro groups is 1. The summed E-state index contributed by atoms with van der Waals surface area (Å²) in [6, 6.07) is 4.65. The van der Waals surface area contributed by atoms with Crippen molar-refractivity contribution in [3.05, 3.63) is 38.9 Å². The molecule has 0 saturated carbocycles. The highest BCUT2D eigenvalue weighted by atomic mass is 35.5. The fourth-order valence-electron chi connectivity index (χ4n) is 1.60. The Morgan fingerprint density at radius 3 is 2.79 bits per heavy atom. The van der Waals surface area contributed by atoms with Crippen molar-refractivity contribution in [1.82, 2.24) is 5.32 Å². The third kappa shape index (κ3) is 5.67. The molecule has 7 heteroatoms. The van der Waals surface area contributed by atoms with Crippen molar-refractivity contribution >= 4 is 28.1 Å². The van der Waals surface area contributed by atoms with Gasteiger partial charge in [-0.2, -0.15) is 0 Å². The maximum atomic E-state index is 11.0. The van der Waals surface area contributed by atoms with Crippen molar-refractivity contribution in [1.29, 1.82) is 0 Å². The molecular weight excluding hydrogens is 288 g/mol. The third-order valence-corrected chi connectivity index (χ3v) is 3.76. The zero-order valence-corrected chi connectivity index (χ0v) is 12.5. The summed E-state index contributed by atoms with van der Waals surface area (Å²) in [7, 11) is -0.819. The highest BCUT2D eigenvalue weighted by Gasteiger charge is 2.14. The van der Waals surface area contributed by atoms with Gasteiger partial charge in [-0.25, -0.2) is 0 Å². The Morgan fingerprint density at radius 2 is 2.21 bits per heavy atom. The smallest absolute Gasteiger partial charge is 0.273 e. The van der Waals surface area contributed by atoms with Crippen LogP contribution in [-0.2, 0) is 17.3 Å². The van der Waals surface area contributed by atoms with Gasteiger partial charge in [0.2, 0.25) is 0 Å². The van der Waals surface area contributed by atoms with Crippen LogP contribution in [0, 0.1) is 10.1 Å². The minimum absolute atomic E-state index is 0.0585. The van der Waals surface area contributed by atoms with E-state index >= 15 is 0 Å². The highest BCUT2D eigenvalue weighted by Crippen LogP contribution is 2.22. The molecule has 0 heterocycles. The van der Waals surface area contributed by atoms with Crippen LogP contribution in [0.1, 0.15) is 18.9 Å². The lowest BCUT2D eigenvalue weighted by atomic mass is 10.1. The predicted octanol–water partition coefficient (Wildman–Crippen LogP) is 2.49. The maximum Gasteiger partial charge on any atom is 0.273 e. The predicted molar refractivity (Wildman–Crippen MR) is 78.0 cm³/mol. The molecule has 0 bridgehead atoms. The lowest BCUT2D eigenvalue weighted by molar-refractivity contribution is -0.385. The fourth-order valence-corrected chi connectivity index (χ4v) is 2.48. The van der Waals surface area contributed by atoms with E-state index in [0.29, 0.717) is 22.9 Å². The first-order chi connectivity index (χ1) is 8.90. The van der Waals surface area contributed by atoms with Gasteiger partial charge < -0.3 is 5.32 Å². The maximum absolute atomic E-state index is 11.0. The molecule has 0 spiro atoms. The third-order valence-electron chi connectivity index (χ3n) is 2.72. The van der Waals surface area contributed by atoms with Gasteiger partial charge in [0.1, 0.15) is 0 Å². The average molecular weight is 305 g/mol. The van der Waals surface area contributed by atoms with E-state index < -0.39 is 15.7 Å². The largest absolute Gasteiger partial charge is 0.310 e. The van der Waals surface area contributed by atoms with Gasteiger partial charge in [-0.3, -0.25) is 14.3 Å². The summed E-state index contributed by atoms with van der Waals surface area (Å²) in [5.74, 6) is 0.617. The standard InChI is InChI=1S/C12H17ClN2O3S/c1-9(5-6-19(2)18)14-8-10-7-11(13)3-4-12(10)15(16)17/h3-4,7,9,14H,5-6,8H2,1-2H3. The zero-order valence-electron chi connectivity index (χ0n) is 10.9. The second-order valence-corrected chi connectivity index (χ2v) is 6.37. The van der Waals surface area contributed by atoms with E-state index in [1.807, 2.05) is 6.92 Å². The highest BCUT2D eigenvalue weighted by molar-refractivity contribution is 7.84. The number of hydrogen-bond donors (Lipinski definition) is 1. The molecule has 0 aliphatic heterocycles. The van der Waals surface area contributed by atoms with Gasteiger partial charge >= 0.3 is 0 Å². The SMILES string of the molecule is CC(CCS(C)=O)NCc1cc(Cl)ccc1[N+](=O)[O-]. The van der Waals surface area contributed by atoms with E-state index in [0.717, 1.165) is 6.42 Å². The summed E-state index contributed by atoms with van der Waals surface area (Å²) in [4.78, 5) is 10.5. The second-order valence-electron chi connectivity index (χ2n) is 4.38. The van der Waals surface area contributed by atoms with Crippen molar-refractivity contribution in [3.8, 4) is 0 Å². The van der Waals surface area contributed by atoms with Crippen LogP contribution < -0.4 is 5.32 Å². The molecule has 0 aliphatic carbocycles. The number of nitro benzene ring substituents is 1. The van der Waals surface area contributed by atoms with E-state index in [1.165, 1.54) is 12.1 Å². The van der Waals surface area contributed by atoms with Crippen LogP contribution in [-0.4, -0.2) is 27.2 Å². The molecule has 0 fully saturated rings. The number of benzene rings is 1. The normalized spacial score (nSPS) is 14.1. The molecule has 2 unspecified atom stereocenters. The minimum atomic E-state index is -0.819. The first-order valence-corrected chi connectivity index (χ1v) is 7.97. The van der Waals surface area contributed by atoms with E-state index in [-0.39, 0.29) is 11.7 Å². The van der Waals surface area contributed by atoms with E-state index in [4.69, 9.17) is 11.6 Å². The fraction of sp³-hybridized carbons (Fsp3) is 0.500. The van der Waals surface area contributed by atoms with Gasteiger partial charge in [0.15, 0.2) is 0 Å². The molecule has 19 heavy (non-hydrogen) atoms. The van der Waals surface area contributed by atoms with Crippen molar-refractivity contribution in [3.63, 3.8) is 0 Å². The molecule has 1 rings (SSSR count). The molecule has 1 aromatic carbocycles. The molecule has 2 atom stereocenters. The Morgan fingerprint density at radius 1 is 1.53 bits per heavy atom. The molecule has 106 valence electrons. The van der Waals surface area contributed by atoms with E-state index in [2.05, 4.69) is 5.32 Å². The molecule has 0 amide bonds. The van der Waals surface area contributed by atoms with Gasteiger partial charge in [-0.05, 0) is 25.5 Å². The van der Waals surface area contributed by atoms with Gasteiger partial charge in [0.05, 0.1) is 4.92 Å². The molecule has 1 N–H and O–H groups in total. The number of hydrogen-bond acceptors (Lipinski definition) is 4. The van der Waals surface area contributed by atoms with Crippen molar-refractivity contribution in [2.75, 3.05) is 12.0 Å². The van der Waals surface area contributed by atoms with Gasteiger partial charge in [-0.1, -0.05) is 11.6 Å². The molecule has 0 aromatic heterocycles. The van der Waals surface area contributed by atoms with Crippen LogP contribution in [0.2, 0.25) is 5.02 Å². The first-order valence-electron chi connectivity index (χ1n) is 5.86. The van der Waals surface area contributed by atoms with Crippen LogP contribution in [0.15, 0.2) is 18.2 Å². The summed E-state index contributed by atoms with van der Waals surface area (Å²) in [6.45, 7) is 2.33. The second kappa shape index (κ2) is 7.57. The lowest BCUT2D eigenvalue weighted by Crippen LogP contribution is -2.27. The zero-order chi connectivity index (χ0) is 14.4. The van der Waals surface area contributed by atoms with Crippen molar-refractivity contribution < 1.29 is 9.13 Å². The summed E-state index contributed by atoms with van der Waals surface area (Å²) in [5, 5.41) is 14.5. The molecule has 1 aromatic rings. The number of halogens is 1. The Kier molecular flexibility index (Phi) is 6.41. The molecule has 0 aliphatic rings. The van der Waals surface area contributed by atoms with E-state index in [9.17, 15) is 14.3 Å². The van der Waals surface area contributed by atoms with Crippen LogP contribution in [0.5, 0.6) is 0 Å². The van der Waals surface area contributed by atoms with Crippen LogP contribution in [0.4, 0.5) is 5.69 Å². The van der Waals surface area contributed by atoms with Gasteiger partial charge in [-0.15, -0.1) is 0 Å². The first kappa shape index (κ1) is 16.1. The Labute approximate surface area is 120 Å². The van der Waals surface area contributed by atoms with Crippen LogP contribution in [0.25, 0.3) is 0 Å². The Hall–Kier alpha value is -0.980. The monoisotopic (exact) mass is 304 g/mol. The van der Waals surface area contributed by atoms with Crippen LogP contribution >= 0.6 is 11.6 Å². The minimum Gasteiger partial charge on any atom is -0.310 e. The molecule has 0 saturated heterocycles. The van der Waals surface area contributed by atoms with Crippen LogP contribution in [0.3, 0.4) is 0 Å². The lowest BCUT2D eigenvalue weighted by Gasteiger charge is -2.13.